The number of nitrogens with two attached hydrogens (primary N) is 1. The van der Waals surface area contributed by atoms with Crippen LogP contribution in [0, 0.1) is 13.8 Å². The van der Waals surface area contributed by atoms with Crippen molar-refractivity contribution in [1.29, 1.82) is 0 Å². The van der Waals surface area contributed by atoms with Crippen molar-refractivity contribution in [3.63, 3.8) is 0 Å². The molecule has 0 fully saturated rings. The van der Waals surface area contributed by atoms with E-state index in [0.717, 1.165) is 11.1 Å². The number of ether oxygens (including phenoxy) is 2. The number of esters is 1. The molecule has 0 atom stereocenters. The van der Waals surface area contributed by atoms with Crippen LogP contribution in [0.3, 0.4) is 0 Å². The average molecular weight is 406 g/mol. The zero-order valence-corrected chi connectivity index (χ0v) is 16.4. The molecule has 28 heavy (non-hydrogen) atoms. The number of hydrogen-bond donors (Lipinski definition) is 2. The molecular weight excluding hydrogens is 384 g/mol. The first-order valence-electron chi connectivity index (χ1n) is 8.43. The van der Waals surface area contributed by atoms with E-state index in [1.54, 1.807) is 12.1 Å². The fourth-order valence-corrected chi connectivity index (χ4v) is 2.97. The Morgan fingerprint density at radius 1 is 1.00 bits per heavy atom. The molecule has 0 bridgehead atoms. The van der Waals surface area contributed by atoms with Crippen molar-refractivity contribution in [3.8, 4) is 5.75 Å². The molecule has 0 aliphatic carbocycles. The molecule has 0 saturated carbocycles. The van der Waals surface area contributed by atoms with E-state index in [-0.39, 0.29) is 30.6 Å². The lowest BCUT2D eigenvalue weighted by Crippen LogP contribution is -2.31. The molecule has 3 N–H and O–H groups in total. The number of amides is 1. The molecule has 0 heterocycles. The zero-order valence-electron chi connectivity index (χ0n) is 15.6. The summed E-state index contributed by atoms with van der Waals surface area (Å²) in [6, 6.07) is 11.0. The summed E-state index contributed by atoms with van der Waals surface area (Å²) < 4.78 is 32.7. The molecule has 8 nitrogen and oxygen atoms in total. The van der Waals surface area contributed by atoms with Gasteiger partial charge in [0.1, 0.15) is 25.5 Å². The molecule has 0 saturated heterocycles. The van der Waals surface area contributed by atoms with Crippen molar-refractivity contribution in [2.45, 2.75) is 18.7 Å². The lowest BCUT2D eigenvalue weighted by molar-refractivity contribution is -0.143. The third kappa shape index (κ3) is 6.67. The van der Waals surface area contributed by atoms with Crippen LogP contribution in [0.25, 0.3) is 0 Å². The molecule has 0 spiro atoms. The third-order valence-electron chi connectivity index (χ3n) is 3.64. The maximum absolute atomic E-state index is 12.1. The number of hydrogen-bond acceptors (Lipinski definition) is 6. The number of nitrogens with one attached hydrogen (secondary N) is 1. The second kappa shape index (κ2) is 9.34. The summed E-state index contributed by atoms with van der Waals surface area (Å²) in [6.07, 6.45) is 0. The fourth-order valence-electron chi connectivity index (χ4n) is 2.45. The van der Waals surface area contributed by atoms with E-state index in [9.17, 15) is 18.0 Å². The SMILES string of the molecule is Cc1cc(C)cc(C(=O)NCC(=O)OCCOc2ccc(S(N)(=O)=O)cc2)c1. The summed E-state index contributed by atoms with van der Waals surface area (Å²) in [5.74, 6) is -0.535. The number of primary sulfonamides is 1. The third-order valence-corrected chi connectivity index (χ3v) is 4.57. The molecule has 1 amide bonds. The number of carbonyl (C=O) groups excluding carboxylic acids is 2. The Labute approximate surface area is 163 Å². The molecule has 0 aromatic heterocycles. The smallest absolute Gasteiger partial charge is 0.325 e. The zero-order chi connectivity index (χ0) is 20.7. The Balaban J connectivity index is 1.70. The van der Waals surface area contributed by atoms with Gasteiger partial charge < -0.3 is 14.8 Å². The number of aryl methyl sites for hydroxylation is 2. The number of carbonyl (C=O) groups is 2. The summed E-state index contributed by atoms with van der Waals surface area (Å²) in [7, 11) is -3.75. The van der Waals surface area contributed by atoms with Crippen molar-refractivity contribution < 1.29 is 27.5 Å². The summed E-state index contributed by atoms with van der Waals surface area (Å²) in [4.78, 5) is 23.8. The van der Waals surface area contributed by atoms with Crippen LogP contribution in [-0.4, -0.2) is 40.1 Å². The monoisotopic (exact) mass is 406 g/mol. The predicted octanol–water partition coefficient (Wildman–Crippen LogP) is 1.30. The van der Waals surface area contributed by atoms with Crippen LogP contribution in [-0.2, 0) is 19.6 Å². The van der Waals surface area contributed by atoms with Gasteiger partial charge in [-0.2, -0.15) is 0 Å². The Bertz CT molecular complexity index is 935. The molecule has 2 rings (SSSR count). The van der Waals surface area contributed by atoms with Crippen LogP contribution in [0.4, 0.5) is 0 Å². The summed E-state index contributed by atoms with van der Waals surface area (Å²) >= 11 is 0. The second-order valence-corrected chi connectivity index (χ2v) is 7.71. The number of rotatable bonds is 8. The van der Waals surface area contributed by atoms with Gasteiger partial charge in [-0.15, -0.1) is 0 Å². The topological polar surface area (TPSA) is 125 Å². The Kier molecular flexibility index (Phi) is 7.13. The van der Waals surface area contributed by atoms with Crippen LogP contribution in [0.1, 0.15) is 21.5 Å². The maximum atomic E-state index is 12.1. The van der Waals surface area contributed by atoms with E-state index in [4.69, 9.17) is 14.6 Å². The first-order valence-corrected chi connectivity index (χ1v) is 9.97. The number of sulfonamides is 1. The van der Waals surface area contributed by atoms with Crippen LogP contribution < -0.4 is 15.2 Å². The van der Waals surface area contributed by atoms with E-state index in [1.165, 1.54) is 24.3 Å². The van der Waals surface area contributed by atoms with Crippen molar-refractivity contribution in [2.75, 3.05) is 19.8 Å². The standard InChI is InChI=1S/C19H22N2O6S/c1-13-9-14(2)11-15(10-13)19(23)21-12-18(22)27-8-7-26-16-3-5-17(6-4-16)28(20,24)25/h3-6,9-11H,7-8,12H2,1-2H3,(H,21,23)(H2,20,24,25). The first-order chi connectivity index (χ1) is 13.1. The van der Waals surface area contributed by atoms with Gasteiger partial charge in [-0.05, 0) is 50.2 Å². The molecule has 9 heteroatoms. The molecule has 2 aromatic rings. The molecular formula is C19H22N2O6S. The second-order valence-electron chi connectivity index (χ2n) is 6.14. The van der Waals surface area contributed by atoms with Crippen molar-refractivity contribution in [1.82, 2.24) is 5.32 Å². The van der Waals surface area contributed by atoms with Gasteiger partial charge in [0.15, 0.2) is 0 Å². The maximum Gasteiger partial charge on any atom is 0.325 e. The van der Waals surface area contributed by atoms with E-state index in [2.05, 4.69) is 5.32 Å². The van der Waals surface area contributed by atoms with Gasteiger partial charge in [0.25, 0.3) is 5.91 Å². The molecule has 0 radical (unpaired) electrons. The van der Waals surface area contributed by atoms with Crippen LogP contribution >= 0.6 is 0 Å². The van der Waals surface area contributed by atoms with Crippen molar-refractivity contribution in [2.24, 2.45) is 5.14 Å². The molecule has 150 valence electrons. The van der Waals surface area contributed by atoms with Gasteiger partial charge in [-0.25, -0.2) is 13.6 Å². The van der Waals surface area contributed by atoms with Gasteiger partial charge in [-0.1, -0.05) is 17.2 Å². The van der Waals surface area contributed by atoms with Crippen LogP contribution in [0.5, 0.6) is 5.75 Å². The van der Waals surface area contributed by atoms with Crippen LogP contribution in [0.15, 0.2) is 47.4 Å². The van der Waals surface area contributed by atoms with Crippen LogP contribution in [0.2, 0.25) is 0 Å². The first kappa shape index (κ1) is 21.4. The van der Waals surface area contributed by atoms with Gasteiger partial charge in [0.2, 0.25) is 10.0 Å². The quantitative estimate of drug-likeness (QED) is 0.503. The largest absolute Gasteiger partial charge is 0.490 e. The highest BCUT2D eigenvalue weighted by molar-refractivity contribution is 7.89. The van der Waals surface area contributed by atoms with Crippen molar-refractivity contribution >= 4 is 21.9 Å². The van der Waals surface area contributed by atoms with Gasteiger partial charge in [0.05, 0.1) is 4.90 Å². The van der Waals surface area contributed by atoms with Crippen molar-refractivity contribution in [3.05, 3.63) is 59.2 Å². The normalized spacial score (nSPS) is 11.0. The highest BCUT2D eigenvalue weighted by Crippen LogP contribution is 2.14. The van der Waals surface area contributed by atoms with E-state index in [1.807, 2.05) is 19.9 Å². The fraction of sp³-hybridized carbons (Fsp3) is 0.263. The van der Waals surface area contributed by atoms with E-state index < -0.39 is 16.0 Å². The van der Waals surface area contributed by atoms with E-state index >= 15 is 0 Å². The lowest BCUT2D eigenvalue weighted by atomic mass is 10.1. The van der Waals surface area contributed by atoms with Gasteiger partial charge >= 0.3 is 5.97 Å². The summed E-state index contributed by atoms with van der Waals surface area (Å²) in [6.45, 7) is 3.58. The lowest BCUT2D eigenvalue weighted by Gasteiger charge is -2.09. The summed E-state index contributed by atoms with van der Waals surface area (Å²) in [5, 5.41) is 7.52. The Hall–Kier alpha value is -2.91. The molecule has 0 aliphatic heterocycles. The predicted molar refractivity (Wildman–Crippen MR) is 103 cm³/mol. The molecule has 2 aromatic carbocycles. The molecule has 0 unspecified atom stereocenters. The van der Waals surface area contributed by atoms with Gasteiger partial charge in [0, 0.05) is 5.56 Å². The highest BCUT2D eigenvalue weighted by Gasteiger charge is 2.10. The van der Waals surface area contributed by atoms with Gasteiger partial charge in [-0.3, -0.25) is 9.59 Å². The Morgan fingerprint density at radius 3 is 2.18 bits per heavy atom. The van der Waals surface area contributed by atoms with E-state index in [0.29, 0.717) is 11.3 Å². The highest BCUT2D eigenvalue weighted by atomic mass is 32.2. The number of benzene rings is 2. The minimum absolute atomic E-state index is 0.0187. The molecule has 0 aliphatic rings. The average Bonchev–Trinajstić information content (AvgIpc) is 2.62. The summed E-state index contributed by atoms with van der Waals surface area (Å²) in [5.41, 5.74) is 2.40. The Morgan fingerprint density at radius 2 is 1.61 bits per heavy atom. The minimum atomic E-state index is -3.75. The minimum Gasteiger partial charge on any atom is -0.490 e.